The monoisotopic (exact) mass is 283 g/mol. The van der Waals surface area contributed by atoms with Gasteiger partial charge in [-0.2, -0.15) is 0 Å². The summed E-state index contributed by atoms with van der Waals surface area (Å²) in [5, 5.41) is 12.5. The molecule has 0 saturated heterocycles. The van der Waals surface area contributed by atoms with Crippen molar-refractivity contribution in [1.29, 1.82) is 0 Å². The van der Waals surface area contributed by atoms with Gasteiger partial charge in [-0.1, -0.05) is 19.0 Å². The molecular formula is C12H17N3O5. The van der Waals surface area contributed by atoms with Crippen molar-refractivity contribution >= 4 is 17.8 Å². The van der Waals surface area contributed by atoms with Crippen molar-refractivity contribution in [2.75, 3.05) is 13.1 Å². The van der Waals surface area contributed by atoms with Crippen molar-refractivity contribution in [2.24, 2.45) is 5.73 Å². The SMILES string of the molecule is Cc1noc(C(C)C)c1C(=O)N(CC(N)=O)CC(=O)O. The molecule has 0 radical (unpaired) electrons. The summed E-state index contributed by atoms with van der Waals surface area (Å²) in [7, 11) is 0. The van der Waals surface area contributed by atoms with Gasteiger partial charge in [-0.3, -0.25) is 14.4 Å². The molecule has 8 heteroatoms. The molecule has 0 aromatic carbocycles. The number of hydrogen-bond donors (Lipinski definition) is 2. The fourth-order valence-corrected chi connectivity index (χ4v) is 1.75. The number of nitrogens with two attached hydrogens (primary N) is 1. The van der Waals surface area contributed by atoms with Crippen LogP contribution in [0.25, 0.3) is 0 Å². The number of hydrogen-bond acceptors (Lipinski definition) is 5. The van der Waals surface area contributed by atoms with Gasteiger partial charge in [0, 0.05) is 5.92 Å². The third-order valence-corrected chi connectivity index (χ3v) is 2.59. The lowest BCUT2D eigenvalue weighted by atomic mass is 10.0. The van der Waals surface area contributed by atoms with E-state index in [1.54, 1.807) is 6.92 Å². The Bertz CT molecular complexity index is 519. The van der Waals surface area contributed by atoms with Crippen LogP contribution in [0.5, 0.6) is 0 Å². The molecule has 0 spiro atoms. The van der Waals surface area contributed by atoms with E-state index >= 15 is 0 Å². The molecule has 1 rings (SSSR count). The van der Waals surface area contributed by atoms with Crippen LogP contribution in [-0.2, 0) is 9.59 Å². The highest BCUT2D eigenvalue weighted by Crippen LogP contribution is 2.23. The first-order valence-corrected chi connectivity index (χ1v) is 5.99. The molecule has 0 bridgehead atoms. The summed E-state index contributed by atoms with van der Waals surface area (Å²) < 4.78 is 5.08. The molecule has 0 unspecified atom stereocenters. The summed E-state index contributed by atoms with van der Waals surface area (Å²) >= 11 is 0. The van der Waals surface area contributed by atoms with Crippen LogP contribution in [-0.4, -0.2) is 46.0 Å². The minimum Gasteiger partial charge on any atom is -0.480 e. The molecule has 20 heavy (non-hydrogen) atoms. The predicted molar refractivity (Wildman–Crippen MR) is 68.1 cm³/mol. The number of aryl methyl sites for hydroxylation is 1. The van der Waals surface area contributed by atoms with Crippen molar-refractivity contribution in [1.82, 2.24) is 10.1 Å². The Labute approximate surface area is 115 Å². The molecular weight excluding hydrogens is 266 g/mol. The minimum absolute atomic E-state index is 0.101. The van der Waals surface area contributed by atoms with Gasteiger partial charge in [-0.25, -0.2) is 0 Å². The Hall–Kier alpha value is -2.38. The molecule has 0 fully saturated rings. The number of carbonyl (C=O) groups excluding carboxylic acids is 2. The number of amides is 2. The van der Waals surface area contributed by atoms with Crippen LogP contribution >= 0.6 is 0 Å². The van der Waals surface area contributed by atoms with E-state index in [1.807, 2.05) is 13.8 Å². The third-order valence-electron chi connectivity index (χ3n) is 2.59. The maximum absolute atomic E-state index is 12.4. The highest BCUT2D eigenvalue weighted by molar-refractivity contribution is 5.99. The van der Waals surface area contributed by atoms with Gasteiger partial charge in [-0.15, -0.1) is 0 Å². The standard InChI is InChI=1S/C12H17N3O5/c1-6(2)11-10(7(3)14-20-11)12(19)15(4-8(13)16)5-9(17)18/h6H,4-5H2,1-3H3,(H2,13,16)(H,17,18). The van der Waals surface area contributed by atoms with Crippen molar-refractivity contribution in [2.45, 2.75) is 26.7 Å². The summed E-state index contributed by atoms with van der Waals surface area (Å²) in [6.07, 6.45) is 0. The molecule has 0 aliphatic rings. The predicted octanol–water partition coefficient (Wildman–Crippen LogP) is 0.119. The largest absolute Gasteiger partial charge is 0.480 e. The Morgan fingerprint density at radius 1 is 1.35 bits per heavy atom. The van der Waals surface area contributed by atoms with E-state index < -0.39 is 30.9 Å². The minimum atomic E-state index is -1.24. The van der Waals surface area contributed by atoms with Gasteiger partial charge in [0.05, 0.1) is 5.69 Å². The smallest absolute Gasteiger partial charge is 0.323 e. The highest BCUT2D eigenvalue weighted by atomic mass is 16.5. The lowest BCUT2D eigenvalue weighted by molar-refractivity contribution is -0.138. The molecule has 110 valence electrons. The molecule has 0 saturated carbocycles. The number of carboxylic acids is 1. The Balaban J connectivity index is 3.14. The molecule has 8 nitrogen and oxygen atoms in total. The number of aromatic nitrogens is 1. The molecule has 2 amide bonds. The number of primary amides is 1. The summed E-state index contributed by atoms with van der Waals surface area (Å²) in [4.78, 5) is 35.0. The fraction of sp³-hybridized carbons (Fsp3) is 0.500. The van der Waals surface area contributed by atoms with Gasteiger partial charge in [0.2, 0.25) is 5.91 Å². The zero-order valence-corrected chi connectivity index (χ0v) is 11.5. The van der Waals surface area contributed by atoms with Gasteiger partial charge < -0.3 is 20.3 Å². The van der Waals surface area contributed by atoms with E-state index in [0.717, 1.165) is 4.90 Å². The highest BCUT2D eigenvalue weighted by Gasteiger charge is 2.28. The number of carbonyl (C=O) groups is 3. The van der Waals surface area contributed by atoms with Crippen LogP contribution in [0.4, 0.5) is 0 Å². The van der Waals surface area contributed by atoms with Crippen LogP contribution in [0.3, 0.4) is 0 Å². The Morgan fingerprint density at radius 2 is 1.95 bits per heavy atom. The van der Waals surface area contributed by atoms with E-state index in [-0.39, 0.29) is 11.5 Å². The quantitative estimate of drug-likeness (QED) is 0.763. The second-order valence-electron chi connectivity index (χ2n) is 4.68. The first-order valence-electron chi connectivity index (χ1n) is 5.99. The summed E-state index contributed by atoms with van der Waals surface area (Å²) in [5.41, 5.74) is 5.56. The maximum atomic E-state index is 12.4. The fourth-order valence-electron chi connectivity index (χ4n) is 1.75. The van der Waals surface area contributed by atoms with Crippen molar-refractivity contribution in [3.8, 4) is 0 Å². The lowest BCUT2D eigenvalue weighted by Gasteiger charge is -2.19. The summed E-state index contributed by atoms with van der Waals surface area (Å²) in [6.45, 7) is 4.10. The van der Waals surface area contributed by atoms with E-state index in [2.05, 4.69) is 5.16 Å². The molecule has 1 heterocycles. The van der Waals surface area contributed by atoms with Crippen LogP contribution in [0, 0.1) is 6.92 Å². The average molecular weight is 283 g/mol. The van der Waals surface area contributed by atoms with Crippen LogP contribution in [0.2, 0.25) is 0 Å². The lowest BCUT2D eigenvalue weighted by Crippen LogP contribution is -2.42. The second kappa shape index (κ2) is 6.18. The zero-order valence-electron chi connectivity index (χ0n) is 11.5. The first kappa shape index (κ1) is 15.7. The van der Waals surface area contributed by atoms with Gasteiger partial charge in [0.15, 0.2) is 5.76 Å². The molecule has 0 aliphatic heterocycles. The average Bonchev–Trinajstić information content (AvgIpc) is 2.68. The summed E-state index contributed by atoms with van der Waals surface area (Å²) in [5.74, 6) is -2.41. The van der Waals surface area contributed by atoms with Crippen LogP contribution < -0.4 is 5.73 Å². The zero-order chi connectivity index (χ0) is 15.4. The van der Waals surface area contributed by atoms with E-state index in [4.69, 9.17) is 15.4 Å². The van der Waals surface area contributed by atoms with Crippen molar-refractivity contribution in [3.63, 3.8) is 0 Å². The molecule has 1 aromatic rings. The number of carboxylic acid groups (broad SMARTS) is 1. The van der Waals surface area contributed by atoms with Crippen LogP contribution in [0.15, 0.2) is 4.52 Å². The van der Waals surface area contributed by atoms with E-state index in [1.165, 1.54) is 0 Å². The van der Waals surface area contributed by atoms with Gasteiger partial charge >= 0.3 is 5.97 Å². The Kier molecular flexibility index (Phi) is 4.84. The van der Waals surface area contributed by atoms with Gasteiger partial charge in [-0.05, 0) is 6.92 Å². The van der Waals surface area contributed by atoms with Gasteiger partial charge in [0.1, 0.15) is 18.7 Å². The first-order chi connectivity index (χ1) is 9.23. The molecule has 0 atom stereocenters. The summed E-state index contributed by atoms with van der Waals surface area (Å²) in [6, 6.07) is 0. The number of nitrogens with zero attached hydrogens (tertiary/aromatic N) is 2. The normalized spacial score (nSPS) is 10.6. The number of rotatable bonds is 6. The Morgan fingerprint density at radius 3 is 2.40 bits per heavy atom. The van der Waals surface area contributed by atoms with Crippen molar-refractivity contribution in [3.05, 3.63) is 17.0 Å². The van der Waals surface area contributed by atoms with E-state index in [0.29, 0.717) is 11.5 Å². The second-order valence-corrected chi connectivity index (χ2v) is 4.68. The van der Waals surface area contributed by atoms with Gasteiger partial charge in [0.25, 0.3) is 5.91 Å². The molecule has 1 aromatic heterocycles. The topological polar surface area (TPSA) is 127 Å². The third kappa shape index (κ3) is 3.56. The van der Waals surface area contributed by atoms with E-state index in [9.17, 15) is 14.4 Å². The van der Waals surface area contributed by atoms with Crippen molar-refractivity contribution < 1.29 is 24.0 Å². The molecule has 0 aliphatic carbocycles. The molecule has 3 N–H and O–H groups in total. The number of aliphatic carboxylic acids is 1. The maximum Gasteiger partial charge on any atom is 0.323 e. The van der Waals surface area contributed by atoms with Crippen LogP contribution in [0.1, 0.15) is 41.6 Å².